The lowest BCUT2D eigenvalue weighted by Crippen LogP contribution is -1.98. The number of nitrogens with zero attached hydrogens (tertiary/aromatic N) is 3. The third-order valence-electron chi connectivity index (χ3n) is 2.50. The molecule has 0 radical (unpaired) electrons. The highest BCUT2D eigenvalue weighted by atomic mass is 127. The summed E-state index contributed by atoms with van der Waals surface area (Å²) in [6.07, 6.45) is 11.2. The maximum absolute atomic E-state index is 4.25. The molecule has 86 valence electrons. The molecule has 0 bridgehead atoms. The maximum atomic E-state index is 4.25. The molecule has 1 heterocycles. The van der Waals surface area contributed by atoms with Crippen LogP contribution in [-0.2, 0) is 6.54 Å². The van der Waals surface area contributed by atoms with Crippen LogP contribution < -0.4 is 0 Å². The number of halogens is 1. The van der Waals surface area contributed by atoms with E-state index in [4.69, 9.17) is 0 Å². The van der Waals surface area contributed by atoms with E-state index in [2.05, 4.69) is 39.6 Å². The Bertz CT molecular complexity index is 260. The van der Waals surface area contributed by atoms with Crippen LogP contribution in [0, 0.1) is 3.83 Å². The fourth-order valence-electron chi connectivity index (χ4n) is 1.61. The number of aryl methyl sites for hydroxylation is 1. The molecule has 0 saturated carbocycles. The highest BCUT2D eigenvalue weighted by molar-refractivity contribution is 14.1. The van der Waals surface area contributed by atoms with Crippen molar-refractivity contribution in [3.8, 4) is 0 Å². The zero-order valence-electron chi connectivity index (χ0n) is 9.45. The zero-order chi connectivity index (χ0) is 10.9. The molecule has 0 fully saturated rings. The molecule has 0 N–H and O–H groups in total. The Morgan fingerprint density at radius 3 is 2.40 bits per heavy atom. The first kappa shape index (κ1) is 12.9. The van der Waals surface area contributed by atoms with E-state index in [1.54, 1.807) is 0 Å². The second-order valence-corrected chi connectivity index (χ2v) is 4.86. The molecule has 0 amide bonds. The Balaban J connectivity index is 1.93. The minimum atomic E-state index is 0.843. The van der Waals surface area contributed by atoms with Gasteiger partial charge in [0.1, 0.15) is 6.33 Å². The molecular formula is C11H20IN3. The Morgan fingerprint density at radius 1 is 1.13 bits per heavy atom. The summed E-state index contributed by atoms with van der Waals surface area (Å²) in [5.74, 6) is 0. The van der Waals surface area contributed by atoms with Crippen molar-refractivity contribution in [2.45, 2.75) is 58.4 Å². The summed E-state index contributed by atoms with van der Waals surface area (Å²) in [4.78, 5) is 4.09. The largest absolute Gasteiger partial charge is 0.252 e. The van der Waals surface area contributed by atoms with Crippen molar-refractivity contribution in [3.05, 3.63) is 10.2 Å². The van der Waals surface area contributed by atoms with Crippen LogP contribution in [0.2, 0.25) is 0 Å². The summed E-state index contributed by atoms with van der Waals surface area (Å²) >= 11 is 2.14. The molecule has 1 aromatic heterocycles. The molecule has 0 unspecified atom stereocenters. The second kappa shape index (κ2) is 8.07. The van der Waals surface area contributed by atoms with Crippen LogP contribution >= 0.6 is 22.6 Å². The van der Waals surface area contributed by atoms with E-state index in [0.717, 1.165) is 10.4 Å². The van der Waals surface area contributed by atoms with Crippen molar-refractivity contribution >= 4 is 22.6 Å². The Labute approximate surface area is 106 Å². The highest BCUT2D eigenvalue weighted by Crippen LogP contribution is 2.07. The topological polar surface area (TPSA) is 30.7 Å². The number of hydrogen-bond donors (Lipinski definition) is 0. The van der Waals surface area contributed by atoms with Crippen LogP contribution in [-0.4, -0.2) is 14.8 Å². The van der Waals surface area contributed by atoms with Gasteiger partial charge in [0, 0.05) is 29.1 Å². The lowest BCUT2D eigenvalue weighted by Gasteiger charge is -2.01. The van der Waals surface area contributed by atoms with E-state index in [1.807, 2.05) is 11.0 Å². The Morgan fingerprint density at radius 2 is 1.80 bits per heavy atom. The summed E-state index contributed by atoms with van der Waals surface area (Å²) in [7, 11) is 0. The van der Waals surface area contributed by atoms with Crippen molar-refractivity contribution in [2.24, 2.45) is 0 Å². The van der Waals surface area contributed by atoms with Gasteiger partial charge in [0.2, 0.25) is 3.83 Å². The summed E-state index contributed by atoms with van der Waals surface area (Å²) in [5.41, 5.74) is 0. The Kier molecular flexibility index (Phi) is 6.96. The lowest BCUT2D eigenvalue weighted by atomic mass is 10.1. The van der Waals surface area contributed by atoms with Gasteiger partial charge < -0.3 is 0 Å². The molecule has 0 spiro atoms. The van der Waals surface area contributed by atoms with Gasteiger partial charge in [-0.05, 0) is 6.42 Å². The maximum Gasteiger partial charge on any atom is 0.211 e. The molecule has 0 aliphatic carbocycles. The first-order valence-electron chi connectivity index (χ1n) is 5.88. The van der Waals surface area contributed by atoms with Crippen molar-refractivity contribution < 1.29 is 0 Å². The van der Waals surface area contributed by atoms with Crippen molar-refractivity contribution in [1.82, 2.24) is 14.8 Å². The second-order valence-electron chi connectivity index (χ2n) is 3.90. The SMILES string of the molecule is CCCCCCCCCn1cnc(I)n1. The first-order valence-corrected chi connectivity index (χ1v) is 6.95. The van der Waals surface area contributed by atoms with E-state index in [9.17, 15) is 0 Å². The van der Waals surface area contributed by atoms with E-state index in [1.165, 1.54) is 44.9 Å². The zero-order valence-corrected chi connectivity index (χ0v) is 11.6. The molecular weight excluding hydrogens is 301 g/mol. The van der Waals surface area contributed by atoms with E-state index in [0.29, 0.717) is 0 Å². The number of rotatable bonds is 8. The Hall–Kier alpha value is -0.130. The predicted octanol–water partition coefficient (Wildman–Crippen LogP) is 3.63. The van der Waals surface area contributed by atoms with Gasteiger partial charge in [0.25, 0.3) is 0 Å². The van der Waals surface area contributed by atoms with Gasteiger partial charge in [-0.15, -0.1) is 5.10 Å². The quantitative estimate of drug-likeness (QED) is 0.541. The number of aromatic nitrogens is 3. The average Bonchev–Trinajstić information content (AvgIpc) is 2.63. The molecule has 15 heavy (non-hydrogen) atoms. The van der Waals surface area contributed by atoms with Gasteiger partial charge in [-0.2, -0.15) is 0 Å². The van der Waals surface area contributed by atoms with Crippen LogP contribution in [0.5, 0.6) is 0 Å². The van der Waals surface area contributed by atoms with Crippen molar-refractivity contribution in [1.29, 1.82) is 0 Å². The van der Waals surface area contributed by atoms with Crippen molar-refractivity contribution in [3.63, 3.8) is 0 Å². The van der Waals surface area contributed by atoms with Crippen LogP contribution in [0.3, 0.4) is 0 Å². The third kappa shape index (κ3) is 6.12. The fraction of sp³-hybridized carbons (Fsp3) is 0.818. The summed E-state index contributed by atoms with van der Waals surface area (Å²) < 4.78 is 2.78. The van der Waals surface area contributed by atoms with Crippen LogP contribution in [0.1, 0.15) is 51.9 Å². The monoisotopic (exact) mass is 321 g/mol. The van der Waals surface area contributed by atoms with Gasteiger partial charge in [0.15, 0.2) is 0 Å². The van der Waals surface area contributed by atoms with E-state index < -0.39 is 0 Å². The fourth-order valence-corrected chi connectivity index (χ4v) is 2.01. The molecule has 0 aromatic carbocycles. The van der Waals surface area contributed by atoms with Gasteiger partial charge in [-0.1, -0.05) is 45.4 Å². The first-order chi connectivity index (χ1) is 7.33. The molecule has 0 saturated heterocycles. The third-order valence-corrected chi connectivity index (χ3v) is 2.99. The van der Waals surface area contributed by atoms with Gasteiger partial charge in [0.05, 0.1) is 0 Å². The normalized spacial score (nSPS) is 10.8. The van der Waals surface area contributed by atoms with E-state index >= 15 is 0 Å². The van der Waals surface area contributed by atoms with Crippen LogP contribution in [0.15, 0.2) is 6.33 Å². The van der Waals surface area contributed by atoms with Crippen LogP contribution in [0.25, 0.3) is 0 Å². The minimum Gasteiger partial charge on any atom is -0.252 e. The number of unbranched alkanes of at least 4 members (excludes halogenated alkanes) is 6. The summed E-state index contributed by atoms with van der Waals surface area (Å²) in [5, 5.41) is 4.25. The predicted molar refractivity (Wildman–Crippen MR) is 70.7 cm³/mol. The molecule has 0 aliphatic heterocycles. The summed E-state index contributed by atoms with van der Waals surface area (Å²) in [6.45, 7) is 3.27. The smallest absolute Gasteiger partial charge is 0.211 e. The summed E-state index contributed by atoms with van der Waals surface area (Å²) in [6, 6.07) is 0. The van der Waals surface area contributed by atoms with E-state index in [-0.39, 0.29) is 0 Å². The molecule has 1 rings (SSSR count). The molecule has 0 aliphatic rings. The molecule has 3 nitrogen and oxygen atoms in total. The van der Waals surface area contributed by atoms with Crippen LogP contribution in [0.4, 0.5) is 0 Å². The van der Waals surface area contributed by atoms with Gasteiger partial charge in [-0.3, -0.25) is 4.68 Å². The van der Waals surface area contributed by atoms with Gasteiger partial charge >= 0.3 is 0 Å². The number of hydrogen-bond acceptors (Lipinski definition) is 2. The molecule has 1 aromatic rings. The minimum absolute atomic E-state index is 0.843. The molecule has 0 atom stereocenters. The highest BCUT2D eigenvalue weighted by Gasteiger charge is 1.96. The standard InChI is InChI=1S/C11H20IN3/c1-2-3-4-5-6-7-8-9-15-10-13-11(12)14-15/h10H,2-9H2,1H3. The van der Waals surface area contributed by atoms with Crippen molar-refractivity contribution in [2.75, 3.05) is 0 Å². The van der Waals surface area contributed by atoms with Gasteiger partial charge in [-0.25, -0.2) is 4.98 Å². The average molecular weight is 321 g/mol. The molecule has 4 heteroatoms. The lowest BCUT2D eigenvalue weighted by molar-refractivity contribution is 0.521.